The van der Waals surface area contributed by atoms with Crippen molar-refractivity contribution < 1.29 is 19.2 Å². The minimum atomic E-state index is -0.467. The molecule has 2 aliphatic heterocycles. The first kappa shape index (κ1) is 24.3. The number of carbonyl (C=O) groups excluding carboxylic acids is 4. The van der Waals surface area contributed by atoms with E-state index < -0.39 is 11.9 Å². The Hall–Kier alpha value is -2.75. The van der Waals surface area contributed by atoms with Crippen molar-refractivity contribution in [2.75, 3.05) is 13.6 Å². The number of likely N-dealkylation sites (N-methyl/N-ethyl adjacent to an activating group) is 1. The third-order valence-corrected chi connectivity index (χ3v) is 4.68. The van der Waals surface area contributed by atoms with E-state index in [4.69, 9.17) is 5.73 Å². The fraction of sp³-hybridized carbons (Fsp3) is 0.632. The van der Waals surface area contributed by atoms with Gasteiger partial charge in [-0.1, -0.05) is 13.8 Å². The van der Waals surface area contributed by atoms with Crippen LogP contribution in [0.5, 0.6) is 0 Å². The summed E-state index contributed by atoms with van der Waals surface area (Å²) in [5, 5.41) is 5.48. The number of imidazole rings is 1. The van der Waals surface area contributed by atoms with Gasteiger partial charge in [0.2, 0.25) is 17.7 Å². The highest BCUT2D eigenvalue weighted by molar-refractivity contribution is 5.89. The van der Waals surface area contributed by atoms with Crippen molar-refractivity contribution in [2.24, 2.45) is 5.73 Å². The van der Waals surface area contributed by atoms with Crippen LogP contribution in [0.1, 0.15) is 45.2 Å². The SMILES string of the molecule is CC.CNC(Cc1cnc[nH]1)C(=O)N1CCCC1C(N)=O.O=CC1CCC(=O)N1. The van der Waals surface area contributed by atoms with Crippen LogP contribution in [0.2, 0.25) is 0 Å². The molecule has 3 atom stereocenters. The van der Waals surface area contributed by atoms with Gasteiger partial charge in [0, 0.05) is 31.3 Å². The number of aromatic nitrogens is 2. The molecule has 3 heterocycles. The second kappa shape index (κ2) is 12.7. The van der Waals surface area contributed by atoms with Crippen molar-refractivity contribution in [2.45, 2.75) is 64.1 Å². The molecule has 162 valence electrons. The molecular weight excluding hydrogens is 376 g/mol. The maximum Gasteiger partial charge on any atom is 0.240 e. The first-order valence-electron chi connectivity index (χ1n) is 9.95. The molecule has 0 bridgehead atoms. The van der Waals surface area contributed by atoms with E-state index in [9.17, 15) is 19.2 Å². The Kier molecular flexibility index (Phi) is 10.6. The molecule has 3 amide bonds. The summed E-state index contributed by atoms with van der Waals surface area (Å²) in [5.74, 6) is -0.525. The van der Waals surface area contributed by atoms with Gasteiger partial charge in [0.1, 0.15) is 12.3 Å². The van der Waals surface area contributed by atoms with E-state index in [2.05, 4.69) is 20.6 Å². The average Bonchev–Trinajstić information content (AvgIpc) is 3.49. The van der Waals surface area contributed by atoms with E-state index in [1.807, 2.05) is 13.8 Å². The summed E-state index contributed by atoms with van der Waals surface area (Å²) in [4.78, 5) is 52.5. The molecule has 3 unspecified atom stereocenters. The number of H-pyrrole nitrogens is 1. The van der Waals surface area contributed by atoms with E-state index in [-0.39, 0.29) is 23.9 Å². The van der Waals surface area contributed by atoms with Crippen molar-refractivity contribution in [1.82, 2.24) is 25.5 Å². The lowest BCUT2D eigenvalue weighted by Gasteiger charge is -2.26. The van der Waals surface area contributed by atoms with E-state index >= 15 is 0 Å². The lowest BCUT2D eigenvalue weighted by molar-refractivity contribution is -0.138. The van der Waals surface area contributed by atoms with Gasteiger partial charge in [-0.3, -0.25) is 14.4 Å². The van der Waals surface area contributed by atoms with Crippen molar-refractivity contribution >= 4 is 24.0 Å². The van der Waals surface area contributed by atoms with E-state index in [0.29, 0.717) is 32.2 Å². The summed E-state index contributed by atoms with van der Waals surface area (Å²) in [5.41, 5.74) is 6.21. The molecule has 1 aromatic rings. The molecule has 0 aliphatic carbocycles. The highest BCUT2D eigenvalue weighted by atomic mass is 16.2. The van der Waals surface area contributed by atoms with Gasteiger partial charge in [-0.25, -0.2) is 4.98 Å². The van der Waals surface area contributed by atoms with Gasteiger partial charge < -0.3 is 31.0 Å². The summed E-state index contributed by atoms with van der Waals surface area (Å²) in [6.45, 7) is 4.59. The second-order valence-corrected chi connectivity index (χ2v) is 6.56. The van der Waals surface area contributed by atoms with Gasteiger partial charge in [0.15, 0.2) is 0 Å². The molecule has 29 heavy (non-hydrogen) atoms. The van der Waals surface area contributed by atoms with Gasteiger partial charge >= 0.3 is 0 Å². The molecule has 10 nitrogen and oxygen atoms in total. The minimum Gasteiger partial charge on any atom is -0.368 e. The Morgan fingerprint density at radius 2 is 2.14 bits per heavy atom. The predicted molar refractivity (Wildman–Crippen MR) is 108 cm³/mol. The first-order valence-corrected chi connectivity index (χ1v) is 9.95. The molecule has 2 fully saturated rings. The standard InChI is InChI=1S/C12H19N5O2.C5H7NO2.C2H6/c1-14-9(5-8-6-15-7-16-8)12(19)17-4-2-3-10(17)11(13)18;7-3-4-1-2-5(8)6-4;1-2/h6-7,9-10,14H,2-5H2,1H3,(H2,13,18)(H,15,16);3-4H,1-2H2,(H,6,8);1-2H3. The highest BCUT2D eigenvalue weighted by Crippen LogP contribution is 2.18. The molecule has 1 aromatic heterocycles. The quantitative estimate of drug-likeness (QED) is 0.466. The molecular formula is C19H32N6O4. The van der Waals surface area contributed by atoms with Crippen LogP contribution in [0.25, 0.3) is 0 Å². The maximum absolute atomic E-state index is 12.4. The fourth-order valence-corrected chi connectivity index (χ4v) is 3.20. The lowest BCUT2D eigenvalue weighted by atomic mass is 10.1. The lowest BCUT2D eigenvalue weighted by Crippen LogP contribution is -2.51. The molecule has 3 rings (SSSR count). The minimum absolute atomic E-state index is 0.0119. The molecule has 0 saturated carbocycles. The number of nitrogens with zero attached hydrogens (tertiary/aromatic N) is 2. The maximum atomic E-state index is 12.4. The molecule has 0 radical (unpaired) electrons. The molecule has 2 saturated heterocycles. The number of aldehydes is 1. The summed E-state index contributed by atoms with van der Waals surface area (Å²) in [6.07, 6.45) is 7.19. The van der Waals surface area contributed by atoms with Crippen LogP contribution in [0, 0.1) is 0 Å². The highest BCUT2D eigenvalue weighted by Gasteiger charge is 2.35. The Bertz CT molecular complexity index is 664. The van der Waals surface area contributed by atoms with Crippen molar-refractivity contribution in [1.29, 1.82) is 0 Å². The number of nitrogens with two attached hydrogens (primary N) is 1. The van der Waals surface area contributed by atoms with Gasteiger partial charge in [-0.15, -0.1) is 0 Å². The summed E-state index contributed by atoms with van der Waals surface area (Å²) in [7, 11) is 1.73. The first-order chi connectivity index (χ1) is 14.0. The number of hydrogen-bond donors (Lipinski definition) is 4. The van der Waals surface area contributed by atoms with Gasteiger partial charge in [0.25, 0.3) is 0 Å². The van der Waals surface area contributed by atoms with Crippen molar-refractivity contribution in [3.8, 4) is 0 Å². The van der Waals surface area contributed by atoms with Crippen LogP contribution in [-0.4, -0.2) is 70.6 Å². The number of primary amides is 1. The van der Waals surface area contributed by atoms with Gasteiger partial charge in [-0.2, -0.15) is 0 Å². The van der Waals surface area contributed by atoms with E-state index in [1.54, 1.807) is 24.5 Å². The van der Waals surface area contributed by atoms with Crippen molar-refractivity contribution in [3.05, 3.63) is 18.2 Å². The number of amides is 3. The molecule has 2 aliphatic rings. The number of likely N-dealkylation sites (tertiary alicyclic amines) is 1. The molecule has 5 N–H and O–H groups in total. The predicted octanol–water partition coefficient (Wildman–Crippen LogP) is -0.493. The van der Waals surface area contributed by atoms with Crippen LogP contribution in [-0.2, 0) is 25.6 Å². The smallest absolute Gasteiger partial charge is 0.240 e. The summed E-state index contributed by atoms with van der Waals surface area (Å²) in [6, 6.07) is -1.05. The number of hydrogen-bond acceptors (Lipinski definition) is 6. The van der Waals surface area contributed by atoms with Crippen LogP contribution in [0.3, 0.4) is 0 Å². The zero-order chi connectivity index (χ0) is 21.8. The number of nitrogens with one attached hydrogen (secondary N) is 3. The fourth-order valence-electron chi connectivity index (χ4n) is 3.20. The van der Waals surface area contributed by atoms with E-state index in [0.717, 1.165) is 18.4 Å². The number of aromatic amines is 1. The average molecular weight is 409 g/mol. The second-order valence-electron chi connectivity index (χ2n) is 6.56. The Morgan fingerprint density at radius 3 is 2.59 bits per heavy atom. The van der Waals surface area contributed by atoms with Crippen LogP contribution >= 0.6 is 0 Å². The van der Waals surface area contributed by atoms with E-state index in [1.165, 1.54) is 0 Å². The van der Waals surface area contributed by atoms with Crippen molar-refractivity contribution in [3.63, 3.8) is 0 Å². The molecule has 10 heteroatoms. The Morgan fingerprint density at radius 1 is 1.41 bits per heavy atom. The zero-order valence-electron chi connectivity index (χ0n) is 17.3. The number of carbonyl (C=O) groups is 4. The van der Waals surface area contributed by atoms with Crippen LogP contribution in [0.4, 0.5) is 0 Å². The Balaban J connectivity index is 0.000000351. The van der Waals surface area contributed by atoms with Crippen LogP contribution < -0.4 is 16.4 Å². The zero-order valence-corrected chi connectivity index (χ0v) is 17.3. The normalized spacial score (nSPS) is 21.2. The third kappa shape index (κ3) is 7.30. The van der Waals surface area contributed by atoms with Crippen LogP contribution in [0.15, 0.2) is 12.5 Å². The number of rotatable bonds is 6. The third-order valence-electron chi connectivity index (χ3n) is 4.68. The monoisotopic (exact) mass is 408 g/mol. The van der Waals surface area contributed by atoms with Gasteiger partial charge in [-0.05, 0) is 26.3 Å². The molecule has 0 aromatic carbocycles. The topological polar surface area (TPSA) is 150 Å². The molecule has 0 spiro atoms. The summed E-state index contributed by atoms with van der Waals surface area (Å²) < 4.78 is 0. The van der Waals surface area contributed by atoms with Gasteiger partial charge in [0.05, 0.1) is 18.4 Å². The Labute approximate surface area is 171 Å². The largest absolute Gasteiger partial charge is 0.368 e. The summed E-state index contributed by atoms with van der Waals surface area (Å²) >= 11 is 0.